The van der Waals surface area contributed by atoms with Crippen LogP contribution >= 0.6 is 0 Å². The van der Waals surface area contributed by atoms with Gasteiger partial charge in [-0.2, -0.15) is 0 Å². The number of ether oxygens (including phenoxy) is 2. The standard InChI is InChI=1S/C25H25N3O4/c1-4-32-19-12-8-7-11-18(19)27-24(29)21-15(2)26-25(30)28-23(21)22-17-10-6-5-9-16(17)13-14-20(22)31-3/h5-14,21,23H,4H2,1-3H3,(H,27,29)(H,28,30). The number of anilines is 1. The molecule has 0 saturated heterocycles. The van der Waals surface area contributed by atoms with Crippen molar-refractivity contribution >= 4 is 34.1 Å². The highest BCUT2D eigenvalue weighted by molar-refractivity contribution is 6.14. The minimum absolute atomic E-state index is 0.293. The van der Waals surface area contributed by atoms with Crippen LogP contribution < -0.4 is 20.1 Å². The Kier molecular flexibility index (Phi) is 6.07. The van der Waals surface area contributed by atoms with Gasteiger partial charge in [-0.1, -0.05) is 42.5 Å². The van der Waals surface area contributed by atoms with Gasteiger partial charge in [0, 0.05) is 11.3 Å². The van der Waals surface area contributed by atoms with E-state index < -0.39 is 18.0 Å². The van der Waals surface area contributed by atoms with Gasteiger partial charge in [0.05, 0.1) is 25.4 Å². The van der Waals surface area contributed by atoms with Crippen LogP contribution in [0.3, 0.4) is 0 Å². The number of rotatable bonds is 6. The van der Waals surface area contributed by atoms with Crippen LogP contribution in [0.2, 0.25) is 0 Å². The molecule has 2 unspecified atom stereocenters. The quantitative estimate of drug-likeness (QED) is 0.591. The molecule has 1 aliphatic heterocycles. The molecular formula is C25H25N3O4. The molecule has 0 fully saturated rings. The van der Waals surface area contributed by atoms with E-state index in [4.69, 9.17) is 9.47 Å². The maximum absolute atomic E-state index is 13.5. The summed E-state index contributed by atoms with van der Waals surface area (Å²) in [6.45, 7) is 4.06. The second-order valence-corrected chi connectivity index (χ2v) is 7.48. The highest BCUT2D eigenvalue weighted by Crippen LogP contribution is 2.39. The van der Waals surface area contributed by atoms with Crippen molar-refractivity contribution < 1.29 is 19.1 Å². The average Bonchev–Trinajstić information content (AvgIpc) is 2.79. The Labute approximate surface area is 186 Å². The second kappa shape index (κ2) is 9.09. The predicted molar refractivity (Wildman–Crippen MR) is 125 cm³/mol. The third-order valence-corrected chi connectivity index (χ3v) is 5.53. The molecule has 0 aromatic heterocycles. The number of nitrogens with one attached hydrogen (secondary N) is 2. The molecule has 2 N–H and O–H groups in total. The van der Waals surface area contributed by atoms with Crippen LogP contribution in [0.4, 0.5) is 10.5 Å². The van der Waals surface area contributed by atoms with E-state index in [2.05, 4.69) is 15.6 Å². The van der Waals surface area contributed by atoms with Crippen molar-refractivity contribution in [1.82, 2.24) is 5.32 Å². The third-order valence-electron chi connectivity index (χ3n) is 5.53. The molecule has 0 bridgehead atoms. The smallest absolute Gasteiger partial charge is 0.341 e. The van der Waals surface area contributed by atoms with Crippen LogP contribution in [-0.2, 0) is 4.79 Å². The number of urea groups is 1. The van der Waals surface area contributed by atoms with Crippen molar-refractivity contribution in [2.75, 3.05) is 19.0 Å². The van der Waals surface area contributed by atoms with Crippen molar-refractivity contribution in [1.29, 1.82) is 0 Å². The fraction of sp³-hybridized carbons (Fsp3) is 0.240. The molecule has 1 heterocycles. The summed E-state index contributed by atoms with van der Waals surface area (Å²) in [5.74, 6) is 0.147. The number of hydrogen-bond donors (Lipinski definition) is 2. The molecule has 0 saturated carbocycles. The summed E-state index contributed by atoms with van der Waals surface area (Å²) < 4.78 is 11.3. The summed E-state index contributed by atoms with van der Waals surface area (Å²) in [6.07, 6.45) is 0. The number of fused-ring (bicyclic) bond motifs is 1. The highest BCUT2D eigenvalue weighted by Gasteiger charge is 2.39. The normalized spacial score (nSPS) is 18.0. The Morgan fingerprint density at radius 3 is 2.59 bits per heavy atom. The maximum Gasteiger partial charge on any atom is 0.341 e. The van der Waals surface area contributed by atoms with Gasteiger partial charge >= 0.3 is 6.03 Å². The predicted octanol–water partition coefficient (Wildman–Crippen LogP) is 4.73. The van der Waals surface area contributed by atoms with E-state index in [0.717, 1.165) is 16.3 Å². The first-order valence-corrected chi connectivity index (χ1v) is 10.5. The van der Waals surface area contributed by atoms with E-state index in [1.807, 2.05) is 55.5 Å². The molecule has 3 amide bonds. The van der Waals surface area contributed by atoms with E-state index in [1.54, 1.807) is 26.2 Å². The van der Waals surface area contributed by atoms with E-state index in [0.29, 0.717) is 29.5 Å². The molecule has 4 rings (SSSR count). The molecular weight excluding hydrogens is 406 g/mol. The molecule has 3 aromatic carbocycles. The lowest BCUT2D eigenvalue weighted by Crippen LogP contribution is -2.45. The molecule has 7 heteroatoms. The second-order valence-electron chi connectivity index (χ2n) is 7.48. The van der Waals surface area contributed by atoms with Crippen LogP contribution in [0.15, 0.2) is 65.7 Å². The van der Waals surface area contributed by atoms with Crippen molar-refractivity contribution in [2.45, 2.75) is 19.9 Å². The first-order valence-electron chi connectivity index (χ1n) is 10.5. The topological polar surface area (TPSA) is 89.0 Å². The number of para-hydroxylation sites is 2. The Balaban J connectivity index is 1.79. The van der Waals surface area contributed by atoms with Crippen molar-refractivity contribution in [3.8, 4) is 11.5 Å². The van der Waals surface area contributed by atoms with Crippen LogP contribution in [0.5, 0.6) is 11.5 Å². The number of benzene rings is 3. The Bertz CT molecular complexity index is 1200. The van der Waals surface area contributed by atoms with Crippen LogP contribution in [-0.4, -0.2) is 31.4 Å². The minimum atomic E-state index is -0.734. The molecule has 1 aliphatic rings. The molecule has 0 aliphatic carbocycles. The summed E-state index contributed by atoms with van der Waals surface area (Å²) in [7, 11) is 1.58. The minimum Gasteiger partial charge on any atom is -0.496 e. The summed E-state index contributed by atoms with van der Waals surface area (Å²) >= 11 is 0. The van der Waals surface area contributed by atoms with Gasteiger partial charge in [0.15, 0.2) is 0 Å². The zero-order valence-electron chi connectivity index (χ0n) is 18.2. The van der Waals surface area contributed by atoms with Crippen molar-refractivity contribution in [3.05, 3.63) is 66.2 Å². The van der Waals surface area contributed by atoms with Crippen LogP contribution in [0.25, 0.3) is 10.8 Å². The van der Waals surface area contributed by atoms with Gasteiger partial charge < -0.3 is 20.1 Å². The van der Waals surface area contributed by atoms with Gasteiger partial charge in [-0.05, 0) is 42.8 Å². The Morgan fingerprint density at radius 2 is 1.81 bits per heavy atom. The van der Waals surface area contributed by atoms with E-state index in [9.17, 15) is 9.59 Å². The van der Waals surface area contributed by atoms with Crippen molar-refractivity contribution in [2.24, 2.45) is 10.9 Å². The van der Waals surface area contributed by atoms with Gasteiger partial charge in [-0.25, -0.2) is 9.79 Å². The molecule has 2 atom stereocenters. The fourth-order valence-corrected chi connectivity index (χ4v) is 4.14. The molecule has 0 spiro atoms. The largest absolute Gasteiger partial charge is 0.496 e. The fourth-order valence-electron chi connectivity index (χ4n) is 4.14. The Hall–Kier alpha value is -3.87. The maximum atomic E-state index is 13.5. The number of amides is 3. The van der Waals surface area contributed by atoms with Crippen LogP contribution in [0.1, 0.15) is 25.5 Å². The zero-order chi connectivity index (χ0) is 22.7. The lowest BCUT2D eigenvalue weighted by molar-refractivity contribution is -0.118. The lowest BCUT2D eigenvalue weighted by Gasteiger charge is -2.32. The van der Waals surface area contributed by atoms with Gasteiger partial charge in [-0.3, -0.25) is 4.79 Å². The number of hydrogen-bond acceptors (Lipinski definition) is 4. The number of carbonyl (C=O) groups excluding carboxylic acids is 2. The van der Waals surface area contributed by atoms with Gasteiger partial charge in [0.1, 0.15) is 17.4 Å². The Morgan fingerprint density at radius 1 is 1.06 bits per heavy atom. The highest BCUT2D eigenvalue weighted by atomic mass is 16.5. The number of aliphatic imine (C=N–C) groups is 1. The van der Waals surface area contributed by atoms with E-state index >= 15 is 0 Å². The molecule has 164 valence electrons. The molecule has 7 nitrogen and oxygen atoms in total. The van der Waals surface area contributed by atoms with Gasteiger partial charge in [-0.15, -0.1) is 0 Å². The van der Waals surface area contributed by atoms with E-state index in [-0.39, 0.29) is 5.91 Å². The number of nitrogens with zero attached hydrogens (tertiary/aromatic N) is 1. The summed E-state index contributed by atoms with van der Waals surface area (Å²) in [5.41, 5.74) is 1.74. The number of methoxy groups -OCH3 is 1. The molecule has 3 aromatic rings. The third kappa shape index (κ3) is 4.01. The molecule has 32 heavy (non-hydrogen) atoms. The first-order chi connectivity index (χ1) is 15.5. The molecule has 0 radical (unpaired) electrons. The SMILES string of the molecule is CCOc1ccccc1NC(=O)C1C(C)=NC(=O)NC1c1c(OC)ccc2ccccc12. The van der Waals surface area contributed by atoms with Crippen LogP contribution in [0, 0.1) is 5.92 Å². The summed E-state index contributed by atoms with van der Waals surface area (Å²) in [4.78, 5) is 29.9. The average molecular weight is 431 g/mol. The van der Waals surface area contributed by atoms with Gasteiger partial charge in [0.25, 0.3) is 0 Å². The van der Waals surface area contributed by atoms with Gasteiger partial charge in [0.2, 0.25) is 5.91 Å². The van der Waals surface area contributed by atoms with E-state index in [1.165, 1.54) is 0 Å². The van der Waals surface area contributed by atoms with Crippen molar-refractivity contribution in [3.63, 3.8) is 0 Å². The summed E-state index contributed by atoms with van der Waals surface area (Å²) in [6, 6.07) is 17.7. The lowest BCUT2D eigenvalue weighted by atomic mass is 9.84. The monoisotopic (exact) mass is 431 g/mol. The number of carbonyl (C=O) groups is 2. The first kappa shape index (κ1) is 21.4. The zero-order valence-corrected chi connectivity index (χ0v) is 18.2. The summed E-state index contributed by atoms with van der Waals surface area (Å²) in [5, 5.41) is 7.73.